The van der Waals surface area contributed by atoms with Gasteiger partial charge in [0.25, 0.3) is 15.9 Å². The van der Waals surface area contributed by atoms with Crippen molar-refractivity contribution in [2.45, 2.75) is 25.2 Å². The number of carbonyl (C=O) groups is 1. The molecule has 0 aliphatic carbocycles. The third-order valence-electron chi connectivity index (χ3n) is 4.02. The maximum absolute atomic E-state index is 12.7. The van der Waals surface area contributed by atoms with Crippen LogP contribution >= 0.6 is 0 Å². The molecule has 1 amide bonds. The van der Waals surface area contributed by atoms with Gasteiger partial charge in [-0.1, -0.05) is 11.2 Å². The molecule has 10 heteroatoms. The first-order chi connectivity index (χ1) is 14.4. The Hall–Kier alpha value is -3.40. The molecule has 0 fully saturated rings. The number of anilines is 1. The van der Waals surface area contributed by atoms with Crippen molar-refractivity contribution in [3.8, 4) is 5.75 Å². The summed E-state index contributed by atoms with van der Waals surface area (Å²) in [6.45, 7) is 4.38. The van der Waals surface area contributed by atoms with E-state index in [0.29, 0.717) is 36.2 Å². The van der Waals surface area contributed by atoms with E-state index in [1.165, 1.54) is 18.2 Å². The van der Waals surface area contributed by atoms with Crippen LogP contribution in [0.3, 0.4) is 0 Å². The maximum Gasteiger partial charge on any atom is 0.261 e. The minimum Gasteiger partial charge on any atom is -0.494 e. The predicted molar refractivity (Wildman–Crippen MR) is 110 cm³/mol. The van der Waals surface area contributed by atoms with Crippen LogP contribution in [0.4, 0.5) is 5.69 Å². The third-order valence-corrected chi connectivity index (χ3v) is 5.40. The molecule has 30 heavy (non-hydrogen) atoms. The minimum absolute atomic E-state index is 0.0171. The molecule has 158 valence electrons. The summed E-state index contributed by atoms with van der Waals surface area (Å²) in [6, 6.07) is 12.4. The molecule has 0 aliphatic heterocycles. The molecule has 9 nitrogen and oxygen atoms in total. The first kappa shape index (κ1) is 21.3. The first-order valence-corrected chi connectivity index (χ1v) is 10.8. The zero-order valence-electron chi connectivity index (χ0n) is 16.6. The predicted octanol–water partition coefficient (Wildman–Crippen LogP) is 2.55. The second kappa shape index (κ2) is 9.40. The van der Waals surface area contributed by atoms with Gasteiger partial charge in [-0.2, -0.15) is 4.98 Å². The molecule has 0 atom stereocenters. The summed E-state index contributed by atoms with van der Waals surface area (Å²) in [5.74, 6) is 1.19. The van der Waals surface area contributed by atoms with Gasteiger partial charge in [0.05, 0.1) is 11.5 Å². The van der Waals surface area contributed by atoms with Crippen molar-refractivity contribution in [2.75, 3.05) is 17.9 Å². The third kappa shape index (κ3) is 5.57. The van der Waals surface area contributed by atoms with Gasteiger partial charge < -0.3 is 14.6 Å². The molecule has 2 N–H and O–H groups in total. The van der Waals surface area contributed by atoms with Crippen LogP contribution in [0, 0.1) is 6.92 Å². The number of carbonyl (C=O) groups excluding carboxylic acids is 1. The Morgan fingerprint density at radius 3 is 2.60 bits per heavy atom. The number of hydrogen-bond donors (Lipinski definition) is 2. The highest BCUT2D eigenvalue weighted by molar-refractivity contribution is 7.92. The molecule has 0 saturated heterocycles. The van der Waals surface area contributed by atoms with E-state index in [0.717, 1.165) is 0 Å². The molecular formula is C20H22N4O5S. The van der Waals surface area contributed by atoms with Crippen molar-refractivity contribution in [3.63, 3.8) is 0 Å². The lowest BCUT2D eigenvalue weighted by molar-refractivity contribution is 0.0953. The molecule has 0 spiro atoms. The fourth-order valence-corrected chi connectivity index (χ4v) is 3.74. The van der Waals surface area contributed by atoms with Crippen molar-refractivity contribution >= 4 is 21.6 Å². The summed E-state index contributed by atoms with van der Waals surface area (Å²) in [6.07, 6.45) is 0.379. The number of hydrogen-bond acceptors (Lipinski definition) is 7. The van der Waals surface area contributed by atoms with Gasteiger partial charge in [0, 0.05) is 24.2 Å². The number of rotatable bonds is 9. The molecule has 0 radical (unpaired) electrons. The first-order valence-electron chi connectivity index (χ1n) is 9.30. The molecule has 2 aromatic carbocycles. The molecule has 3 rings (SSSR count). The molecule has 0 aliphatic rings. The van der Waals surface area contributed by atoms with Crippen molar-refractivity contribution < 1.29 is 22.5 Å². The van der Waals surface area contributed by atoms with E-state index >= 15 is 0 Å². The Kier molecular flexibility index (Phi) is 6.68. The number of nitrogens with zero attached hydrogens (tertiary/aromatic N) is 2. The molecule has 0 bridgehead atoms. The van der Waals surface area contributed by atoms with Crippen molar-refractivity contribution in [1.29, 1.82) is 0 Å². The van der Waals surface area contributed by atoms with Gasteiger partial charge in [-0.15, -0.1) is 0 Å². The number of amides is 1. The molecule has 0 unspecified atom stereocenters. The Morgan fingerprint density at radius 2 is 1.93 bits per heavy atom. The van der Waals surface area contributed by atoms with E-state index in [4.69, 9.17) is 9.26 Å². The van der Waals surface area contributed by atoms with E-state index in [1.807, 2.05) is 6.92 Å². The summed E-state index contributed by atoms with van der Waals surface area (Å²) in [4.78, 5) is 16.4. The average molecular weight is 430 g/mol. The number of ether oxygens (including phenoxy) is 1. The Morgan fingerprint density at radius 1 is 1.17 bits per heavy atom. The van der Waals surface area contributed by atoms with Crippen LogP contribution in [0.2, 0.25) is 0 Å². The highest BCUT2D eigenvalue weighted by Crippen LogP contribution is 2.20. The summed E-state index contributed by atoms with van der Waals surface area (Å²) < 4.78 is 38.2. The summed E-state index contributed by atoms with van der Waals surface area (Å²) in [5, 5.41) is 6.39. The van der Waals surface area contributed by atoms with Crippen LogP contribution in [0.25, 0.3) is 0 Å². The summed E-state index contributed by atoms with van der Waals surface area (Å²) >= 11 is 0. The van der Waals surface area contributed by atoms with Crippen molar-refractivity contribution in [1.82, 2.24) is 15.5 Å². The van der Waals surface area contributed by atoms with Crippen LogP contribution in [0.1, 0.15) is 29.0 Å². The SMILES string of the molecule is CCOc1ccc(NS(=O)(=O)c2cccc(C(=O)NCCc3nc(C)no3)c2)cc1. The van der Waals surface area contributed by atoms with Crippen molar-refractivity contribution in [3.05, 3.63) is 65.8 Å². The lowest BCUT2D eigenvalue weighted by atomic mass is 10.2. The second-order valence-corrected chi connectivity index (χ2v) is 8.01. The van der Waals surface area contributed by atoms with Crippen LogP contribution in [-0.2, 0) is 16.4 Å². The normalized spacial score (nSPS) is 11.1. The van der Waals surface area contributed by atoms with Gasteiger partial charge in [-0.25, -0.2) is 8.42 Å². The van der Waals surface area contributed by atoms with E-state index in [9.17, 15) is 13.2 Å². The van der Waals surface area contributed by atoms with Crippen LogP contribution in [0.15, 0.2) is 57.9 Å². The fourth-order valence-electron chi connectivity index (χ4n) is 2.63. The largest absolute Gasteiger partial charge is 0.494 e. The molecule has 1 aromatic heterocycles. The number of aromatic nitrogens is 2. The molecule has 0 saturated carbocycles. The van der Waals surface area contributed by atoms with E-state index < -0.39 is 15.9 Å². The minimum atomic E-state index is -3.86. The van der Waals surface area contributed by atoms with Gasteiger partial charge in [-0.3, -0.25) is 9.52 Å². The number of benzene rings is 2. The quantitative estimate of drug-likeness (QED) is 0.535. The van der Waals surface area contributed by atoms with E-state index in [-0.39, 0.29) is 17.0 Å². The lowest BCUT2D eigenvalue weighted by Gasteiger charge is -2.10. The highest BCUT2D eigenvalue weighted by Gasteiger charge is 2.17. The zero-order chi connectivity index (χ0) is 21.6. The molecule has 1 heterocycles. The summed E-state index contributed by atoms with van der Waals surface area (Å²) in [7, 11) is -3.86. The average Bonchev–Trinajstić information content (AvgIpc) is 3.14. The molecular weight excluding hydrogens is 408 g/mol. The van der Waals surface area contributed by atoms with Gasteiger partial charge >= 0.3 is 0 Å². The maximum atomic E-state index is 12.7. The lowest BCUT2D eigenvalue weighted by Crippen LogP contribution is -2.26. The number of nitrogens with one attached hydrogen (secondary N) is 2. The van der Waals surface area contributed by atoms with Crippen LogP contribution in [-0.4, -0.2) is 37.6 Å². The monoisotopic (exact) mass is 430 g/mol. The Labute approximate surface area is 174 Å². The van der Waals surface area contributed by atoms with Crippen molar-refractivity contribution in [2.24, 2.45) is 0 Å². The van der Waals surface area contributed by atoms with Gasteiger partial charge in [0.2, 0.25) is 5.89 Å². The topological polar surface area (TPSA) is 123 Å². The Balaban J connectivity index is 1.64. The van der Waals surface area contributed by atoms with Crippen LogP contribution < -0.4 is 14.8 Å². The van der Waals surface area contributed by atoms with Crippen LogP contribution in [0.5, 0.6) is 5.75 Å². The van der Waals surface area contributed by atoms with Gasteiger partial charge in [0.15, 0.2) is 5.82 Å². The van der Waals surface area contributed by atoms with Gasteiger partial charge in [0.1, 0.15) is 5.75 Å². The van der Waals surface area contributed by atoms with E-state index in [2.05, 4.69) is 20.2 Å². The second-order valence-electron chi connectivity index (χ2n) is 6.33. The molecule has 3 aromatic rings. The summed E-state index contributed by atoms with van der Waals surface area (Å²) in [5.41, 5.74) is 0.620. The highest BCUT2D eigenvalue weighted by atomic mass is 32.2. The smallest absolute Gasteiger partial charge is 0.261 e. The van der Waals surface area contributed by atoms with E-state index in [1.54, 1.807) is 37.3 Å². The number of sulfonamides is 1. The zero-order valence-corrected chi connectivity index (χ0v) is 17.4. The fraction of sp³-hybridized carbons (Fsp3) is 0.250. The standard InChI is InChI=1S/C20H22N4O5S/c1-3-28-17-9-7-16(8-10-17)24-30(26,27)18-6-4-5-15(13-18)20(25)21-12-11-19-22-14(2)23-29-19/h4-10,13,24H,3,11-12H2,1-2H3,(H,21,25). The Bertz CT molecular complexity index is 1110. The van der Waals surface area contributed by atoms with Gasteiger partial charge in [-0.05, 0) is 56.3 Å². The number of aryl methyl sites for hydroxylation is 1.